The molecule has 2 aromatic heterocycles. The van der Waals surface area contributed by atoms with E-state index in [0.29, 0.717) is 22.7 Å². The van der Waals surface area contributed by atoms with Gasteiger partial charge < -0.3 is 10.2 Å². The van der Waals surface area contributed by atoms with Crippen LogP contribution in [-0.4, -0.2) is 28.9 Å². The van der Waals surface area contributed by atoms with E-state index in [0.717, 1.165) is 0 Å². The Kier molecular flexibility index (Phi) is 6.57. The van der Waals surface area contributed by atoms with Crippen LogP contribution in [0.2, 0.25) is 0 Å². The Balaban J connectivity index is 1.52. The van der Waals surface area contributed by atoms with E-state index in [1.54, 1.807) is 72.8 Å². The molecule has 0 saturated carbocycles. The fourth-order valence-corrected chi connectivity index (χ4v) is 4.70. The van der Waals surface area contributed by atoms with Crippen LogP contribution < -0.4 is 11.1 Å². The summed E-state index contributed by atoms with van der Waals surface area (Å²) in [4.78, 5) is 27.1. The molecule has 0 amide bonds. The van der Waals surface area contributed by atoms with E-state index in [1.165, 1.54) is 30.9 Å². The highest BCUT2D eigenvalue weighted by Crippen LogP contribution is 2.26. The average molecular weight is 541 g/mol. The number of para-hydroxylation sites is 4. The van der Waals surface area contributed by atoms with Crippen molar-refractivity contribution in [3.63, 3.8) is 0 Å². The predicted molar refractivity (Wildman–Crippen MR) is 159 cm³/mol. The second kappa shape index (κ2) is 10.6. The molecule has 0 aliphatic carbocycles. The van der Waals surface area contributed by atoms with E-state index in [9.17, 15) is 19.8 Å². The molecule has 0 unspecified atom stereocenters. The molecule has 0 saturated heterocycles. The van der Waals surface area contributed by atoms with Crippen molar-refractivity contribution >= 4 is 12.2 Å². The maximum atomic E-state index is 13.6. The Labute approximate surface area is 234 Å². The smallest absolute Gasteiger partial charge is 0.283 e. The third-order valence-corrected chi connectivity index (χ3v) is 6.59. The average Bonchev–Trinajstić information content (AvgIpc) is 3.42. The molecule has 41 heavy (non-hydrogen) atoms. The molecule has 0 spiro atoms. The molecule has 6 aromatic rings. The van der Waals surface area contributed by atoms with Crippen LogP contribution in [0.3, 0.4) is 0 Å². The minimum absolute atomic E-state index is 0.0284. The fraction of sp³-hybridized carbons (Fsp3) is 0. The number of nitrogens with zero attached hydrogens (tertiary/aromatic N) is 4. The van der Waals surface area contributed by atoms with Gasteiger partial charge in [-0.25, -0.2) is 18.7 Å². The minimum atomic E-state index is -0.480. The summed E-state index contributed by atoms with van der Waals surface area (Å²) >= 11 is 0. The standard InChI is InChI=1S/C33H24N4O4/c38-30-28(31(39)35(25-16-7-2-8-17-25)34(30)24-14-5-1-6-15-24)22-13-23-29-32(40)36(26-18-9-3-10-19-26)37(33(29)41)27-20-11-4-12-21-27/h1-12,14-23,38,40H. The first-order valence-electron chi connectivity index (χ1n) is 12.8. The monoisotopic (exact) mass is 540 g/mol. The molecule has 0 atom stereocenters. The van der Waals surface area contributed by atoms with Gasteiger partial charge in [0.1, 0.15) is 11.1 Å². The number of aromatic hydroxyl groups is 2. The molecule has 8 nitrogen and oxygen atoms in total. The SMILES string of the molecule is O=c1c(C=C=Cc2c(O)n(-c3ccccc3)n(-c3ccccc3)c2=O)c(O)n(-c2ccccc2)n1-c1ccccc1. The third-order valence-electron chi connectivity index (χ3n) is 6.59. The Morgan fingerprint density at radius 3 is 1.00 bits per heavy atom. The Morgan fingerprint density at radius 1 is 0.439 bits per heavy atom. The number of rotatable bonds is 6. The van der Waals surface area contributed by atoms with Gasteiger partial charge in [0.05, 0.1) is 22.7 Å². The molecule has 8 heteroatoms. The van der Waals surface area contributed by atoms with Gasteiger partial charge in [0, 0.05) is 0 Å². The van der Waals surface area contributed by atoms with Crippen LogP contribution in [0, 0.1) is 0 Å². The molecule has 0 fully saturated rings. The number of hydrogen-bond donors (Lipinski definition) is 2. The lowest BCUT2D eigenvalue weighted by Crippen LogP contribution is -2.21. The summed E-state index contributed by atoms with van der Waals surface area (Å²) in [7, 11) is 0. The Hall–Kier alpha value is -5.98. The minimum Gasteiger partial charge on any atom is -0.493 e. The quantitative estimate of drug-likeness (QED) is 0.280. The molecule has 0 aliphatic rings. The number of hydrogen-bond acceptors (Lipinski definition) is 4. The van der Waals surface area contributed by atoms with E-state index in [4.69, 9.17) is 0 Å². The van der Waals surface area contributed by atoms with Crippen molar-refractivity contribution in [1.82, 2.24) is 18.7 Å². The zero-order valence-corrected chi connectivity index (χ0v) is 21.7. The van der Waals surface area contributed by atoms with Gasteiger partial charge in [-0.15, -0.1) is 5.73 Å². The van der Waals surface area contributed by atoms with E-state index >= 15 is 0 Å². The van der Waals surface area contributed by atoms with Gasteiger partial charge in [-0.2, -0.15) is 0 Å². The molecule has 2 N–H and O–H groups in total. The highest BCUT2D eigenvalue weighted by atomic mass is 16.3. The van der Waals surface area contributed by atoms with Crippen LogP contribution in [0.25, 0.3) is 34.9 Å². The van der Waals surface area contributed by atoms with Crippen LogP contribution in [0.5, 0.6) is 11.8 Å². The van der Waals surface area contributed by atoms with Crippen molar-refractivity contribution < 1.29 is 10.2 Å². The van der Waals surface area contributed by atoms with Gasteiger partial charge in [-0.05, 0) is 60.7 Å². The molecule has 0 aliphatic heterocycles. The van der Waals surface area contributed by atoms with Crippen LogP contribution >= 0.6 is 0 Å². The topological polar surface area (TPSA) is 94.3 Å². The molecule has 0 radical (unpaired) electrons. The molecule has 6 rings (SSSR count). The van der Waals surface area contributed by atoms with Crippen LogP contribution in [-0.2, 0) is 0 Å². The van der Waals surface area contributed by atoms with Gasteiger partial charge in [0.25, 0.3) is 11.1 Å². The van der Waals surface area contributed by atoms with Gasteiger partial charge in [0.15, 0.2) is 0 Å². The summed E-state index contributed by atoms with van der Waals surface area (Å²) in [5.41, 5.74) is 4.11. The van der Waals surface area contributed by atoms with Crippen molar-refractivity contribution in [2.45, 2.75) is 0 Å². The Bertz CT molecular complexity index is 1870. The first-order chi connectivity index (χ1) is 20.1. The van der Waals surface area contributed by atoms with Gasteiger partial charge in [0.2, 0.25) is 11.8 Å². The van der Waals surface area contributed by atoms with Crippen molar-refractivity contribution in [3.8, 4) is 34.5 Å². The molecule has 200 valence electrons. The van der Waals surface area contributed by atoms with Crippen molar-refractivity contribution in [2.24, 2.45) is 0 Å². The largest absolute Gasteiger partial charge is 0.493 e. The van der Waals surface area contributed by atoms with Crippen molar-refractivity contribution in [2.75, 3.05) is 0 Å². The summed E-state index contributed by atoms with van der Waals surface area (Å²) in [6.45, 7) is 0. The van der Waals surface area contributed by atoms with Crippen LogP contribution in [0.1, 0.15) is 11.1 Å². The number of aromatic nitrogens is 4. The molecular formula is C33H24N4O4. The van der Waals surface area contributed by atoms with E-state index in [-0.39, 0.29) is 22.9 Å². The second-order valence-electron chi connectivity index (χ2n) is 9.13. The molecule has 4 aromatic carbocycles. The Morgan fingerprint density at radius 2 is 0.707 bits per heavy atom. The summed E-state index contributed by atoms with van der Waals surface area (Å²) in [6, 6.07) is 35.9. The van der Waals surface area contributed by atoms with Gasteiger partial charge in [-0.1, -0.05) is 72.8 Å². The summed E-state index contributed by atoms with van der Waals surface area (Å²) in [5, 5.41) is 22.4. The maximum Gasteiger partial charge on any atom is 0.283 e. The molecule has 2 heterocycles. The zero-order chi connectivity index (χ0) is 28.3. The van der Waals surface area contributed by atoms with Crippen LogP contribution in [0.4, 0.5) is 0 Å². The fourth-order valence-electron chi connectivity index (χ4n) is 4.70. The van der Waals surface area contributed by atoms with E-state index in [2.05, 4.69) is 5.73 Å². The first kappa shape index (κ1) is 25.3. The highest BCUT2D eigenvalue weighted by molar-refractivity contribution is 5.64. The zero-order valence-electron chi connectivity index (χ0n) is 21.7. The van der Waals surface area contributed by atoms with Gasteiger partial charge >= 0.3 is 0 Å². The number of benzene rings is 4. The van der Waals surface area contributed by atoms with Gasteiger partial charge in [-0.3, -0.25) is 9.59 Å². The maximum absolute atomic E-state index is 13.6. The lowest BCUT2D eigenvalue weighted by Gasteiger charge is -2.12. The first-order valence-corrected chi connectivity index (χ1v) is 12.8. The second-order valence-corrected chi connectivity index (χ2v) is 9.13. The van der Waals surface area contributed by atoms with Crippen molar-refractivity contribution in [1.29, 1.82) is 0 Å². The van der Waals surface area contributed by atoms with Crippen LogP contribution in [0.15, 0.2) is 137 Å². The summed E-state index contributed by atoms with van der Waals surface area (Å²) < 4.78 is 5.56. The highest BCUT2D eigenvalue weighted by Gasteiger charge is 2.22. The summed E-state index contributed by atoms with van der Waals surface area (Å²) in [6.07, 6.45) is 2.62. The normalized spacial score (nSPS) is 10.7. The molecular weight excluding hydrogens is 516 g/mol. The predicted octanol–water partition coefficient (Wildman–Crippen LogP) is 5.31. The third kappa shape index (κ3) is 4.50. The van der Waals surface area contributed by atoms with E-state index in [1.807, 2.05) is 48.5 Å². The van der Waals surface area contributed by atoms with E-state index < -0.39 is 11.1 Å². The lowest BCUT2D eigenvalue weighted by molar-refractivity contribution is 0.424. The van der Waals surface area contributed by atoms with Crippen molar-refractivity contribution in [3.05, 3.63) is 159 Å². The molecule has 0 bridgehead atoms. The summed E-state index contributed by atoms with van der Waals surface area (Å²) in [5.74, 6) is -0.586. The lowest BCUT2D eigenvalue weighted by atomic mass is 10.2.